The van der Waals surface area contributed by atoms with Gasteiger partial charge in [0.15, 0.2) is 11.9 Å². The van der Waals surface area contributed by atoms with Crippen molar-refractivity contribution in [2.75, 3.05) is 11.4 Å². The van der Waals surface area contributed by atoms with Crippen molar-refractivity contribution in [3.63, 3.8) is 0 Å². The predicted molar refractivity (Wildman–Crippen MR) is 72.3 cm³/mol. The highest BCUT2D eigenvalue weighted by Gasteiger charge is 2.29. The van der Waals surface area contributed by atoms with Gasteiger partial charge in [-0.1, -0.05) is 17.3 Å². The van der Waals surface area contributed by atoms with Crippen molar-refractivity contribution in [2.24, 2.45) is 5.73 Å². The second kappa shape index (κ2) is 4.88. The van der Waals surface area contributed by atoms with E-state index in [9.17, 15) is 4.79 Å². The number of carbonyl (C=O) groups is 1. The highest BCUT2D eigenvalue weighted by molar-refractivity contribution is 5.81. The second-order valence-electron chi connectivity index (χ2n) is 4.79. The summed E-state index contributed by atoms with van der Waals surface area (Å²) >= 11 is 0. The van der Waals surface area contributed by atoms with Gasteiger partial charge in [0.25, 0.3) is 5.91 Å². The van der Waals surface area contributed by atoms with Gasteiger partial charge in [-0.3, -0.25) is 4.79 Å². The van der Waals surface area contributed by atoms with Crippen LogP contribution < -0.4 is 15.4 Å². The number of aryl methyl sites for hydroxylation is 1. The third kappa shape index (κ3) is 2.32. The molecule has 0 saturated heterocycles. The van der Waals surface area contributed by atoms with E-state index < -0.39 is 12.0 Å². The number of carbonyl (C=O) groups excluding carboxylic acids is 1. The number of primary amides is 1. The molecule has 20 heavy (non-hydrogen) atoms. The minimum Gasteiger partial charge on any atom is -0.477 e. The molecule has 1 aromatic carbocycles. The minimum absolute atomic E-state index is 0.395. The molecule has 1 unspecified atom stereocenters. The zero-order valence-corrected chi connectivity index (χ0v) is 11.1. The van der Waals surface area contributed by atoms with Gasteiger partial charge in [-0.15, -0.1) is 0 Å². The Labute approximate surface area is 116 Å². The summed E-state index contributed by atoms with van der Waals surface area (Å²) in [6.45, 7) is 2.78. The fourth-order valence-electron chi connectivity index (χ4n) is 2.28. The van der Waals surface area contributed by atoms with E-state index in [1.54, 1.807) is 0 Å². The topological polar surface area (TPSA) is 81.6 Å². The molecule has 2 aromatic rings. The standard InChI is InChI=1S/C14H15N3O3/c1-9-6-10(20-16-9)7-17-8-13(14(15)18)19-12-5-3-2-4-11(12)17/h2-6,13H,7-8H2,1H3,(H2,15,18). The lowest BCUT2D eigenvalue weighted by Crippen LogP contribution is -2.46. The maximum Gasteiger partial charge on any atom is 0.260 e. The fourth-order valence-corrected chi connectivity index (χ4v) is 2.28. The predicted octanol–water partition coefficient (Wildman–Crippen LogP) is 1.24. The molecule has 1 aromatic heterocycles. The number of aromatic nitrogens is 1. The van der Waals surface area contributed by atoms with Crippen molar-refractivity contribution in [3.05, 3.63) is 41.8 Å². The van der Waals surface area contributed by atoms with Gasteiger partial charge >= 0.3 is 0 Å². The first kappa shape index (κ1) is 12.5. The number of hydrogen-bond acceptors (Lipinski definition) is 5. The molecule has 3 rings (SSSR count). The van der Waals surface area contributed by atoms with E-state index in [4.69, 9.17) is 15.0 Å². The third-order valence-electron chi connectivity index (χ3n) is 3.20. The van der Waals surface area contributed by atoms with Crippen LogP contribution in [0.15, 0.2) is 34.9 Å². The van der Waals surface area contributed by atoms with Gasteiger partial charge in [-0.05, 0) is 19.1 Å². The summed E-state index contributed by atoms with van der Waals surface area (Å²) in [6, 6.07) is 9.42. The van der Waals surface area contributed by atoms with Crippen molar-refractivity contribution in [1.29, 1.82) is 0 Å². The van der Waals surface area contributed by atoms with Crippen LogP contribution in [-0.2, 0) is 11.3 Å². The molecule has 6 heteroatoms. The zero-order chi connectivity index (χ0) is 14.1. The molecule has 0 radical (unpaired) electrons. The Morgan fingerprint density at radius 3 is 3.00 bits per heavy atom. The lowest BCUT2D eigenvalue weighted by molar-refractivity contribution is -0.124. The van der Waals surface area contributed by atoms with E-state index in [2.05, 4.69) is 5.16 Å². The molecule has 0 saturated carbocycles. The Hall–Kier alpha value is -2.50. The van der Waals surface area contributed by atoms with Crippen molar-refractivity contribution in [1.82, 2.24) is 5.16 Å². The van der Waals surface area contributed by atoms with Gasteiger partial charge in [0, 0.05) is 6.07 Å². The maximum atomic E-state index is 11.4. The van der Waals surface area contributed by atoms with Crippen LogP contribution in [0.3, 0.4) is 0 Å². The zero-order valence-electron chi connectivity index (χ0n) is 11.1. The molecule has 0 spiro atoms. The largest absolute Gasteiger partial charge is 0.477 e. The SMILES string of the molecule is Cc1cc(CN2CC(C(N)=O)Oc3ccccc32)on1. The molecular weight excluding hydrogens is 258 g/mol. The van der Waals surface area contributed by atoms with Gasteiger partial charge in [0.2, 0.25) is 0 Å². The van der Waals surface area contributed by atoms with Crippen LogP contribution in [0.5, 0.6) is 5.75 Å². The van der Waals surface area contributed by atoms with Crippen LogP contribution in [0, 0.1) is 6.92 Å². The number of amides is 1. The summed E-state index contributed by atoms with van der Waals surface area (Å²) in [5, 5.41) is 3.87. The summed E-state index contributed by atoms with van der Waals surface area (Å²) in [4.78, 5) is 13.4. The summed E-state index contributed by atoms with van der Waals surface area (Å²) in [6.07, 6.45) is -0.658. The van der Waals surface area contributed by atoms with E-state index in [1.807, 2.05) is 42.2 Å². The quantitative estimate of drug-likeness (QED) is 0.909. The van der Waals surface area contributed by atoms with E-state index in [0.717, 1.165) is 17.1 Å². The van der Waals surface area contributed by atoms with Crippen molar-refractivity contribution < 1.29 is 14.1 Å². The molecule has 0 bridgehead atoms. The lowest BCUT2D eigenvalue weighted by Gasteiger charge is -2.34. The Balaban J connectivity index is 1.90. The first-order valence-corrected chi connectivity index (χ1v) is 6.35. The number of benzene rings is 1. The summed E-state index contributed by atoms with van der Waals surface area (Å²) in [7, 11) is 0. The van der Waals surface area contributed by atoms with Crippen LogP contribution in [0.1, 0.15) is 11.5 Å². The van der Waals surface area contributed by atoms with Gasteiger partial charge in [-0.25, -0.2) is 0 Å². The summed E-state index contributed by atoms with van der Waals surface area (Å²) in [5.74, 6) is 0.916. The van der Waals surface area contributed by atoms with E-state index >= 15 is 0 Å². The van der Waals surface area contributed by atoms with E-state index in [-0.39, 0.29) is 0 Å². The molecule has 6 nitrogen and oxygen atoms in total. The first-order valence-electron chi connectivity index (χ1n) is 6.35. The number of fused-ring (bicyclic) bond motifs is 1. The molecular formula is C14H15N3O3. The molecule has 1 atom stereocenters. The van der Waals surface area contributed by atoms with E-state index in [0.29, 0.717) is 18.8 Å². The monoisotopic (exact) mass is 273 g/mol. The fraction of sp³-hybridized carbons (Fsp3) is 0.286. The smallest absolute Gasteiger partial charge is 0.260 e. The molecule has 104 valence electrons. The third-order valence-corrected chi connectivity index (χ3v) is 3.20. The number of hydrogen-bond donors (Lipinski definition) is 1. The molecule has 2 N–H and O–H groups in total. The normalized spacial score (nSPS) is 17.4. The molecule has 0 aliphatic carbocycles. The van der Waals surface area contributed by atoms with E-state index in [1.165, 1.54) is 0 Å². The number of nitrogens with zero attached hydrogens (tertiary/aromatic N) is 2. The molecule has 0 fully saturated rings. The van der Waals surface area contributed by atoms with Crippen molar-refractivity contribution in [3.8, 4) is 5.75 Å². The van der Waals surface area contributed by atoms with Crippen LogP contribution in [0.2, 0.25) is 0 Å². The van der Waals surface area contributed by atoms with Crippen LogP contribution in [-0.4, -0.2) is 23.7 Å². The van der Waals surface area contributed by atoms with Crippen LogP contribution in [0.25, 0.3) is 0 Å². The summed E-state index contributed by atoms with van der Waals surface area (Å²) < 4.78 is 10.8. The number of para-hydroxylation sites is 2. The highest BCUT2D eigenvalue weighted by Crippen LogP contribution is 2.33. The Morgan fingerprint density at radius 1 is 1.50 bits per heavy atom. The molecule has 1 aliphatic rings. The van der Waals surface area contributed by atoms with Crippen LogP contribution >= 0.6 is 0 Å². The van der Waals surface area contributed by atoms with Gasteiger partial charge < -0.3 is 19.9 Å². The number of rotatable bonds is 3. The first-order chi connectivity index (χ1) is 9.63. The Kier molecular flexibility index (Phi) is 3.06. The van der Waals surface area contributed by atoms with Crippen LogP contribution in [0.4, 0.5) is 5.69 Å². The second-order valence-corrected chi connectivity index (χ2v) is 4.79. The molecule has 1 aliphatic heterocycles. The Morgan fingerprint density at radius 2 is 2.30 bits per heavy atom. The average Bonchev–Trinajstić information content (AvgIpc) is 2.84. The minimum atomic E-state index is -0.658. The lowest BCUT2D eigenvalue weighted by atomic mass is 10.1. The number of nitrogens with two attached hydrogens (primary N) is 1. The van der Waals surface area contributed by atoms with Gasteiger partial charge in [0.05, 0.1) is 24.5 Å². The maximum absolute atomic E-state index is 11.4. The summed E-state index contributed by atoms with van der Waals surface area (Å²) in [5.41, 5.74) is 7.10. The van der Waals surface area contributed by atoms with Crippen molar-refractivity contribution in [2.45, 2.75) is 19.6 Å². The van der Waals surface area contributed by atoms with Gasteiger partial charge in [-0.2, -0.15) is 0 Å². The number of ether oxygens (including phenoxy) is 1. The van der Waals surface area contributed by atoms with Crippen molar-refractivity contribution >= 4 is 11.6 Å². The Bertz CT molecular complexity index is 638. The molecule has 2 heterocycles. The molecule has 1 amide bonds. The number of anilines is 1. The van der Waals surface area contributed by atoms with Gasteiger partial charge in [0.1, 0.15) is 5.75 Å². The average molecular weight is 273 g/mol. The highest BCUT2D eigenvalue weighted by atomic mass is 16.5.